The predicted molar refractivity (Wildman–Crippen MR) is 86.8 cm³/mol. The van der Waals surface area contributed by atoms with Gasteiger partial charge in [0.15, 0.2) is 0 Å². The van der Waals surface area contributed by atoms with Crippen LogP contribution in [0.2, 0.25) is 0 Å². The zero-order chi connectivity index (χ0) is 14.6. The van der Waals surface area contributed by atoms with Crippen LogP contribution >= 0.6 is 11.3 Å². The maximum atomic E-state index is 4.53. The van der Waals surface area contributed by atoms with Gasteiger partial charge in [-0.25, -0.2) is 9.97 Å². The number of nitrogens with one attached hydrogen (secondary N) is 2. The zero-order valence-electron chi connectivity index (χ0n) is 12.5. The first-order chi connectivity index (χ1) is 9.55. The van der Waals surface area contributed by atoms with Crippen molar-refractivity contribution in [1.29, 1.82) is 0 Å². The van der Waals surface area contributed by atoms with E-state index in [9.17, 15) is 0 Å². The highest BCUT2D eigenvalue weighted by Gasteiger charge is 2.21. The molecule has 20 heavy (non-hydrogen) atoms. The van der Waals surface area contributed by atoms with E-state index in [0.717, 1.165) is 30.4 Å². The summed E-state index contributed by atoms with van der Waals surface area (Å²) >= 11 is 1.80. The Morgan fingerprint density at radius 2 is 2.00 bits per heavy atom. The van der Waals surface area contributed by atoms with E-state index in [2.05, 4.69) is 58.9 Å². The van der Waals surface area contributed by atoms with Gasteiger partial charge in [0.2, 0.25) is 0 Å². The minimum Gasteiger partial charge on any atom is -0.373 e. The fourth-order valence-electron chi connectivity index (χ4n) is 1.94. The molecule has 2 aromatic heterocycles. The van der Waals surface area contributed by atoms with Gasteiger partial charge in [-0.05, 0) is 11.4 Å². The van der Waals surface area contributed by atoms with Crippen molar-refractivity contribution in [2.45, 2.75) is 32.6 Å². The minimum absolute atomic E-state index is 0.0886. The number of aryl methyl sites for hydroxylation is 1. The molecular weight excluding hydrogens is 268 g/mol. The molecule has 2 aromatic rings. The maximum Gasteiger partial charge on any atom is 0.132 e. The second-order valence-electron chi connectivity index (χ2n) is 5.37. The number of hydrogen-bond donors (Lipinski definition) is 2. The Balaban J connectivity index is 2.10. The smallest absolute Gasteiger partial charge is 0.132 e. The average Bonchev–Trinajstić information content (AvgIpc) is 3.00. The van der Waals surface area contributed by atoms with Crippen molar-refractivity contribution in [3.63, 3.8) is 0 Å². The van der Waals surface area contributed by atoms with Crippen LogP contribution in [0.5, 0.6) is 0 Å². The number of thiophene rings is 1. The lowest BCUT2D eigenvalue weighted by Crippen LogP contribution is -2.27. The first kappa shape index (κ1) is 14.8. The third-order valence-electron chi connectivity index (χ3n) is 3.24. The van der Waals surface area contributed by atoms with Gasteiger partial charge >= 0.3 is 0 Å². The molecule has 0 unspecified atom stereocenters. The Hall–Kier alpha value is -1.62. The molecule has 0 atom stereocenters. The summed E-state index contributed by atoms with van der Waals surface area (Å²) in [5.41, 5.74) is 0.0886. The van der Waals surface area contributed by atoms with E-state index in [0.29, 0.717) is 0 Å². The molecule has 2 heterocycles. The Bertz CT molecular complexity index is 527. The van der Waals surface area contributed by atoms with Gasteiger partial charge in [0, 0.05) is 36.4 Å². The molecule has 0 aliphatic heterocycles. The quantitative estimate of drug-likeness (QED) is 0.854. The van der Waals surface area contributed by atoms with Crippen LogP contribution in [0.1, 0.15) is 31.5 Å². The molecule has 0 bridgehead atoms. The van der Waals surface area contributed by atoms with Gasteiger partial charge in [-0.1, -0.05) is 26.8 Å². The molecule has 0 radical (unpaired) electrons. The van der Waals surface area contributed by atoms with Crippen molar-refractivity contribution in [1.82, 2.24) is 9.97 Å². The van der Waals surface area contributed by atoms with Crippen molar-refractivity contribution in [2.24, 2.45) is 0 Å². The lowest BCUT2D eigenvalue weighted by Gasteiger charge is -2.24. The summed E-state index contributed by atoms with van der Waals surface area (Å²) in [6, 6.07) is 6.23. The molecule has 0 saturated carbocycles. The van der Waals surface area contributed by atoms with E-state index in [-0.39, 0.29) is 5.41 Å². The molecule has 4 nitrogen and oxygen atoms in total. The van der Waals surface area contributed by atoms with Gasteiger partial charge in [-0.2, -0.15) is 0 Å². The van der Waals surface area contributed by atoms with Crippen LogP contribution in [0, 0.1) is 0 Å². The maximum absolute atomic E-state index is 4.53. The number of nitrogens with zero attached hydrogens (tertiary/aromatic N) is 2. The van der Waals surface area contributed by atoms with Gasteiger partial charge in [0.1, 0.15) is 17.5 Å². The summed E-state index contributed by atoms with van der Waals surface area (Å²) in [5.74, 6) is 2.59. The van der Waals surface area contributed by atoms with E-state index in [1.807, 2.05) is 13.1 Å². The van der Waals surface area contributed by atoms with Crippen LogP contribution in [-0.2, 0) is 11.8 Å². The van der Waals surface area contributed by atoms with Crippen LogP contribution in [0.3, 0.4) is 0 Å². The largest absolute Gasteiger partial charge is 0.373 e. The monoisotopic (exact) mass is 290 g/mol. The van der Waals surface area contributed by atoms with Crippen LogP contribution < -0.4 is 10.6 Å². The molecule has 0 aliphatic rings. The zero-order valence-corrected chi connectivity index (χ0v) is 13.3. The molecule has 108 valence electrons. The lowest BCUT2D eigenvalue weighted by atomic mass is 9.91. The van der Waals surface area contributed by atoms with Crippen LogP contribution in [-0.4, -0.2) is 23.6 Å². The third-order valence-corrected chi connectivity index (χ3v) is 4.48. The Kier molecular flexibility index (Phi) is 4.60. The van der Waals surface area contributed by atoms with Crippen molar-refractivity contribution < 1.29 is 0 Å². The van der Waals surface area contributed by atoms with Crippen molar-refractivity contribution in [2.75, 3.05) is 24.2 Å². The molecule has 0 spiro atoms. The van der Waals surface area contributed by atoms with Gasteiger partial charge in [0.05, 0.1) is 0 Å². The van der Waals surface area contributed by atoms with Crippen LogP contribution in [0.25, 0.3) is 0 Å². The van der Waals surface area contributed by atoms with Crippen molar-refractivity contribution >= 4 is 23.0 Å². The first-order valence-electron chi connectivity index (χ1n) is 6.88. The van der Waals surface area contributed by atoms with Gasteiger partial charge in [-0.15, -0.1) is 11.3 Å². The highest BCUT2D eigenvalue weighted by molar-refractivity contribution is 7.10. The summed E-state index contributed by atoms with van der Waals surface area (Å²) in [4.78, 5) is 10.3. The molecule has 0 aliphatic carbocycles. The highest BCUT2D eigenvalue weighted by atomic mass is 32.1. The number of aromatic nitrogens is 2. The lowest BCUT2D eigenvalue weighted by molar-refractivity contribution is 0.568. The standard InChI is InChI=1S/C15H22N4S/c1-5-12-18-13(16-4)9-14(19-12)17-10-15(2,3)11-7-6-8-20-11/h6-9H,5,10H2,1-4H3,(H2,16,17,18,19). The van der Waals surface area contributed by atoms with Crippen LogP contribution in [0.15, 0.2) is 23.6 Å². The fourth-order valence-corrected chi connectivity index (χ4v) is 2.79. The molecular formula is C15H22N4S. The number of hydrogen-bond acceptors (Lipinski definition) is 5. The average molecular weight is 290 g/mol. The number of anilines is 2. The van der Waals surface area contributed by atoms with E-state index in [1.165, 1.54) is 4.88 Å². The second kappa shape index (κ2) is 6.22. The van der Waals surface area contributed by atoms with Gasteiger partial charge in [-0.3, -0.25) is 0 Å². The Morgan fingerprint density at radius 3 is 2.60 bits per heavy atom. The summed E-state index contributed by atoms with van der Waals surface area (Å²) in [7, 11) is 1.88. The molecule has 0 amide bonds. The summed E-state index contributed by atoms with van der Waals surface area (Å²) in [6.07, 6.45) is 0.832. The minimum atomic E-state index is 0.0886. The summed E-state index contributed by atoms with van der Waals surface area (Å²) < 4.78 is 0. The molecule has 0 fully saturated rings. The summed E-state index contributed by atoms with van der Waals surface area (Å²) in [6.45, 7) is 7.39. The Morgan fingerprint density at radius 1 is 1.25 bits per heavy atom. The molecule has 2 rings (SSSR count). The first-order valence-corrected chi connectivity index (χ1v) is 7.76. The van der Waals surface area contributed by atoms with E-state index in [1.54, 1.807) is 11.3 Å². The predicted octanol–water partition coefficient (Wildman–Crippen LogP) is 3.53. The number of rotatable bonds is 6. The SMILES string of the molecule is CCc1nc(NC)cc(NCC(C)(C)c2cccs2)n1. The van der Waals surface area contributed by atoms with E-state index in [4.69, 9.17) is 0 Å². The normalized spacial score (nSPS) is 11.4. The van der Waals surface area contributed by atoms with Crippen molar-refractivity contribution in [3.05, 3.63) is 34.3 Å². The van der Waals surface area contributed by atoms with Gasteiger partial charge < -0.3 is 10.6 Å². The second-order valence-corrected chi connectivity index (χ2v) is 6.32. The molecule has 0 aromatic carbocycles. The fraction of sp³-hybridized carbons (Fsp3) is 0.467. The topological polar surface area (TPSA) is 49.8 Å². The highest BCUT2D eigenvalue weighted by Crippen LogP contribution is 2.27. The third kappa shape index (κ3) is 3.48. The van der Waals surface area contributed by atoms with E-state index >= 15 is 0 Å². The van der Waals surface area contributed by atoms with Gasteiger partial charge in [0.25, 0.3) is 0 Å². The van der Waals surface area contributed by atoms with E-state index < -0.39 is 0 Å². The summed E-state index contributed by atoms with van der Waals surface area (Å²) in [5, 5.41) is 8.64. The molecule has 2 N–H and O–H groups in total. The van der Waals surface area contributed by atoms with Crippen molar-refractivity contribution in [3.8, 4) is 0 Å². The molecule has 0 saturated heterocycles. The Labute approximate surface area is 124 Å². The van der Waals surface area contributed by atoms with Crippen LogP contribution in [0.4, 0.5) is 11.6 Å². The molecule has 5 heteroatoms.